The van der Waals surface area contributed by atoms with Gasteiger partial charge in [-0.2, -0.15) is 11.8 Å². The fourth-order valence-electron chi connectivity index (χ4n) is 2.08. The summed E-state index contributed by atoms with van der Waals surface area (Å²) in [5.41, 5.74) is -0.352. The molecule has 2 fully saturated rings. The van der Waals surface area contributed by atoms with Crippen molar-refractivity contribution >= 4 is 11.8 Å². The zero-order valence-electron chi connectivity index (χ0n) is 7.46. The molecule has 2 aliphatic heterocycles. The molecule has 0 spiro atoms. The Morgan fingerprint density at radius 2 is 2.08 bits per heavy atom. The van der Waals surface area contributed by atoms with Crippen molar-refractivity contribution < 1.29 is 5.11 Å². The van der Waals surface area contributed by atoms with Gasteiger partial charge in [-0.25, -0.2) is 0 Å². The highest BCUT2D eigenvalue weighted by Crippen LogP contribution is 2.29. The van der Waals surface area contributed by atoms with Gasteiger partial charge in [0.1, 0.15) is 0 Å². The Kier molecular flexibility index (Phi) is 2.63. The average molecular weight is 187 g/mol. The van der Waals surface area contributed by atoms with Gasteiger partial charge < -0.3 is 10.0 Å². The highest BCUT2D eigenvalue weighted by molar-refractivity contribution is 7.99. The van der Waals surface area contributed by atoms with E-state index in [1.165, 1.54) is 25.9 Å². The predicted molar refractivity (Wildman–Crippen MR) is 52.6 cm³/mol. The summed E-state index contributed by atoms with van der Waals surface area (Å²) in [6.45, 7) is 3.32. The lowest BCUT2D eigenvalue weighted by molar-refractivity contribution is 0.0336. The molecule has 2 nitrogen and oxygen atoms in total. The second-order valence-corrected chi connectivity index (χ2v) is 5.12. The zero-order valence-corrected chi connectivity index (χ0v) is 8.28. The monoisotopic (exact) mass is 187 g/mol. The summed E-state index contributed by atoms with van der Waals surface area (Å²) < 4.78 is 0. The molecule has 70 valence electrons. The van der Waals surface area contributed by atoms with Gasteiger partial charge in [0.2, 0.25) is 0 Å². The van der Waals surface area contributed by atoms with E-state index in [1.54, 1.807) is 0 Å². The van der Waals surface area contributed by atoms with Crippen LogP contribution in [-0.4, -0.2) is 46.7 Å². The minimum absolute atomic E-state index is 0.352. The van der Waals surface area contributed by atoms with E-state index in [-0.39, 0.29) is 5.60 Å². The number of rotatable bonds is 2. The first-order valence-corrected chi connectivity index (χ1v) is 5.97. The molecule has 1 N–H and O–H groups in total. The van der Waals surface area contributed by atoms with Gasteiger partial charge in [-0.3, -0.25) is 0 Å². The number of likely N-dealkylation sites (tertiary alicyclic amines) is 1. The predicted octanol–water partition coefficient (Wildman–Crippen LogP) is 0.950. The van der Waals surface area contributed by atoms with Crippen LogP contribution in [0.5, 0.6) is 0 Å². The van der Waals surface area contributed by atoms with Crippen molar-refractivity contribution in [2.45, 2.75) is 24.9 Å². The summed E-state index contributed by atoms with van der Waals surface area (Å²) in [6, 6.07) is 0. The van der Waals surface area contributed by atoms with Crippen molar-refractivity contribution in [2.24, 2.45) is 0 Å². The Morgan fingerprint density at radius 3 is 2.67 bits per heavy atom. The Bertz CT molecular complexity index is 151. The molecule has 1 unspecified atom stereocenters. The number of hydrogen-bond acceptors (Lipinski definition) is 3. The van der Waals surface area contributed by atoms with Crippen LogP contribution in [0.25, 0.3) is 0 Å². The Hall–Kier alpha value is 0.270. The van der Waals surface area contributed by atoms with Gasteiger partial charge in [0.15, 0.2) is 0 Å². The fraction of sp³-hybridized carbons (Fsp3) is 1.00. The third-order valence-electron chi connectivity index (χ3n) is 2.80. The molecule has 2 heterocycles. The second-order valence-electron chi connectivity index (χ2n) is 4.01. The van der Waals surface area contributed by atoms with Crippen molar-refractivity contribution in [3.8, 4) is 0 Å². The molecule has 0 bridgehead atoms. The van der Waals surface area contributed by atoms with E-state index >= 15 is 0 Å². The van der Waals surface area contributed by atoms with Crippen molar-refractivity contribution in [3.63, 3.8) is 0 Å². The normalized spacial score (nSPS) is 37.8. The van der Waals surface area contributed by atoms with E-state index in [9.17, 15) is 5.11 Å². The Balaban J connectivity index is 1.83. The minimum atomic E-state index is -0.352. The first kappa shape index (κ1) is 8.85. The Labute approximate surface area is 78.3 Å². The zero-order chi connectivity index (χ0) is 8.44. The van der Waals surface area contributed by atoms with Crippen molar-refractivity contribution in [1.82, 2.24) is 4.90 Å². The van der Waals surface area contributed by atoms with Crippen LogP contribution in [0.1, 0.15) is 19.3 Å². The molecule has 3 heteroatoms. The summed E-state index contributed by atoms with van der Waals surface area (Å²) in [7, 11) is 0. The van der Waals surface area contributed by atoms with E-state index in [1.807, 2.05) is 11.8 Å². The van der Waals surface area contributed by atoms with Crippen LogP contribution >= 0.6 is 11.8 Å². The van der Waals surface area contributed by atoms with Gasteiger partial charge in [-0.15, -0.1) is 0 Å². The molecular formula is C9H17NOS. The maximum absolute atomic E-state index is 10.1. The van der Waals surface area contributed by atoms with Crippen LogP contribution in [0.2, 0.25) is 0 Å². The molecule has 0 amide bonds. The first-order chi connectivity index (χ1) is 5.79. The van der Waals surface area contributed by atoms with Gasteiger partial charge in [0.05, 0.1) is 5.60 Å². The van der Waals surface area contributed by atoms with Crippen molar-refractivity contribution in [2.75, 3.05) is 31.1 Å². The molecule has 12 heavy (non-hydrogen) atoms. The van der Waals surface area contributed by atoms with Crippen LogP contribution in [-0.2, 0) is 0 Å². The summed E-state index contributed by atoms with van der Waals surface area (Å²) in [6.07, 6.45) is 3.64. The van der Waals surface area contributed by atoms with Crippen LogP contribution < -0.4 is 0 Å². The number of β-amino-alcohol motifs (C(OH)–C–C–N with tert-alkyl or cyclic N) is 1. The standard InChI is InChI=1S/C9H17NOS/c11-9(3-6-12-8-9)7-10-4-1-2-5-10/h11H,1-8H2. The summed E-state index contributed by atoms with van der Waals surface area (Å²) in [4.78, 5) is 2.41. The molecular weight excluding hydrogens is 170 g/mol. The van der Waals surface area contributed by atoms with E-state index in [2.05, 4.69) is 4.90 Å². The lowest BCUT2D eigenvalue weighted by atomic mass is 10.0. The molecule has 1 atom stereocenters. The van der Waals surface area contributed by atoms with Crippen molar-refractivity contribution in [3.05, 3.63) is 0 Å². The van der Waals surface area contributed by atoms with Crippen LogP contribution in [0.15, 0.2) is 0 Å². The van der Waals surface area contributed by atoms with E-state index in [0.717, 1.165) is 24.5 Å². The maximum atomic E-state index is 10.1. The van der Waals surface area contributed by atoms with Gasteiger partial charge in [0, 0.05) is 12.3 Å². The summed E-state index contributed by atoms with van der Waals surface area (Å²) >= 11 is 1.89. The first-order valence-electron chi connectivity index (χ1n) is 4.81. The second kappa shape index (κ2) is 3.56. The van der Waals surface area contributed by atoms with Crippen LogP contribution in [0.3, 0.4) is 0 Å². The van der Waals surface area contributed by atoms with Crippen LogP contribution in [0, 0.1) is 0 Å². The molecule has 0 aromatic heterocycles. The Morgan fingerprint density at radius 1 is 1.33 bits per heavy atom. The van der Waals surface area contributed by atoms with Crippen LogP contribution in [0.4, 0.5) is 0 Å². The largest absolute Gasteiger partial charge is 0.388 e. The van der Waals surface area contributed by atoms with E-state index in [0.29, 0.717) is 0 Å². The fourth-order valence-corrected chi connectivity index (χ4v) is 3.36. The number of hydrogen-bond donors (Lipinski definition) is 1. The van der Waals surface area contributed by atoms with Gasteiger partial charge in [-0.05, 0) is 38.1 Å². The average Bonchev–Trinajstić information content (AvgIpc) is 2.62. The molecule has 2 rings (SSSR count). The molecule has 2 saturated heterocycles. The quantitative estimate of drug-likeness (QED) is 0.696. The summed E-state index contributed by atoms with van der Waals surface area (Å²) in [5.74, 6) is 2.09. The lowest BCUT2D eigenvalue weighted by Gasteiger charge is -2.27. The topological polar surface area (TPSA) is 23.5 Å². The third kappa shape index (κ3) is 1.95. The maximum Gasteiger partial charge on any atom is 0.0871 e. The summed E-state index contributed by atoms with van der Waals surface area (Å²) in [5, 5.41) is 10.1. The van der Waals surface area contributed by atoms with Gasteiger partial charge in [-0.1, -0.05) is 0 Å². The molecule has 0 aromatic rings. The lowest BCUT2D eigenvalue weighted by Crippen LogP contribution is -2.41. The van der Waals surface area contributed by atoms with E-state index < -0.39 is 0 Å². The third-order valence-corrected chi connectivity index (χ3v) is 4.03. The molecule has 0 saturated carbocycles. The number of aliphatic hydroxyl groups is 1. The highest BCUT2D eigenvalue weighted by atomic mass is 32.2. The smallest absolute Gasteiger partial charge is 0.0871 e. The minimum Gasteiger partial charge on any atom is -0.388 e. The highest BCUT2D eigenvalue weighted by Gasteiger charge is 2.34. The molecule has 2 aliphatic rings. The number of nitrogens with zero attached hydrogens (tertiary/aromatic N) is 1. The van der Waals surface area contributed by atoms with Crippen molar-refractivity contribution in [1.29, 1.82) is 0 Å². The molecule has 0 aliphatic carbocycles. The van der Waals surface area contributed by atoms with Gasteiger partial charge in [0.25, 0.3) is 0 Å². The SMILES string of the molecule is OC1(CN2CCCC2)CCSC1. The van der Waals surface area contributed by atoms with Gasteiger partial charge >= 0.3 is 0 Å². The molecule has 0 aromatic carbocycles. The van der Waals surface area contributed by atoms with E-state index in [4.69, 9.17) is 0 Å². The molecule has 0 radical (unpaired) electrons. The number of thioether (sulfide) groups is 1.